The molecule has 0 radical (unpaired) electrons. The van der Waals surface area contributed by atoms with Crippen LogP contribution in [0.4, 0.5) is 0 Å². The van der Waals surface area contributed by atoms with E-state index < -0.39 is 0 Å². The lowest BCUT2D eigenvalue weighted by Crippen LogP contribution is -2.44. The van der Waals surface area contributed by atoms with Crippen molar-refractivity contribution in [2.45, 2.75) is 18.6 Å². The van der Waals surface area contributed by atoms with Crippen LogP contribution in [0.5, 0.6) is 11.5 Å². The van der Waals surface area contributed by atoms with Crippen LogP contribution in [-0.4, -0.2) is 44.9 Å². The maximum atomic E-state index is 5.98. The highest BCUT2D eigenvalue weighted by Crippen LogP contribution is 2.39. The number of fused-ring (bicyclic) bond motifs is 3. The Labute approximate surface area is 107 Å². The number of hydrogen-bond donors (Lipinski definition) is 0. The average molecular weight is 249 g/mol. The molecule has 0 aliphatic carbocycles. The third-order valence-electron chi connectivity index (χ3n) is 3.85. The van der Waals surface area contributed by atoms with Gasteiger partial charge in [-0.1, -0.05) is 0 Å². The molecular formula is C14H19NO3. The summed E-state index contributed by atoms with van der Waals surface area (Å²) in [6.45, 7) is 2.50. The molecule has 3 rings (SSSR count). The molecule has 1 aromatic carbocycles. The first-order valence-electron chi connectivity index (χ1n) is 6.42. The van der Waals surface area contributed by atoms with Crippen LogP contribution in [0.1, 0.15) is 18.1 Å². The third-order valence-corrected chi connectivity index (χ3v) is 3.85. The van der Waals surface area contributed by atoms with Crippen molar-refractivity contribution in [3.63, 3.8) is 0 Å². The molecule has 18 heavy (non-hydrogen) atoms. The molecule has 1 fully saturated rings. The Bertz CT molecular complexity index is 435. The molecule has 2 aliphatic heterocycles. The first-order chi connectivity index (χ1) is 8.79. The van der Waals surface area contributed by atoms with Gasteiger partial charge in [0.1, 0.15) is 17.6 Å². The molecule has 2 heterocycles. The van der Waals surface area contributed by atoms with Crippen molar-refractivity contribution >= 4 is 0 Å². The van der Waals surface area contributed by atoms with E-state index in [9.17, 15) is 0 Å². The average Bonchev–Trinajstić information content (AvgIpc) is 2.58. The lowest BCUT2D eigenvalue weighted by Gasteiger charge is -2.38. The van der Waals surface area contributed by atoms with Gasteiger partial charge in [0, 0.05) is 18.2 Å². The van der Waals surface area contributed by atoms with E-state index in [4.69, 9.17) is 14.2 Å². The Balaban J connectivity index is 2.01. The van der Waals surface area contributed by atoms with Crippen LogP contribution < -0.4 is 9.47 Å². The van der Waals surface area contributed by atoms with Crippen LogP contribution in [0, 0.1) is 0 Å². The van der Waals surface area contributed by atoms with Crippen molar-refractivity contribution in [3.05, 3.63) is 23.8 Å². The van der Waals surface area contributed by atoms with Gasteiger partial charge in [-0.3, -0.25) is 4.90 Å². The van der Waals surface area contributed by atoms with Crippen LogP contribution in [0.25, 0.3) is 0 Å². The van der Waals surface area contributed by atoms with Crippen molar-refractivity contribution in [2.24, 2.45) is 0 Å². The number of benzene rings is 1. The van der Waals surface area contributed by atoms with E-state index >= 15 is 0 Å². The normalized spacial score (nSPS) is 27.7. The van der Waals surface area contributed by atoms with Crippen LogP contribution in [-0.2, 0) is 4.74 Å². The summed E-state index contributed by atoms with van der Waals surface area (Å²) in [6.07, 6.45) is 1.09. The molecule has 0 amide bonds. The van der Waals surface area contributed by atoms with E-state index in [0.717, 1.165) is 43.2 Å². The van der Waals surface area contributed by atoms with Crippen molar-refractivity contribution in [1.29, 1.82) is 0 Å². The summed E-state index contributed by atoms with van der Waals surface area (Å²) < 4.78 is 17.1. The van der Waals surface area contributed by atoms with Crippen LogP contribution in [0.15, 0.2) is 18.2 Å². The molecule has 4 nitrogen and oxygen atoms in total. The fourth-order valence-corrected chi connectivity index (χ4v) is 2.80. The Morgan fingerprint density at radius 1 is 1.33 bits per heavy atom. The quantitative estimate of drug-likeness (QED) is 0.760. The van der Waals surface area contributed by atoms with E-state index in [2.05, 4.69) is 11.9 Å². The summed E-state index contributed by atoms with van der Waals surface area (Å²) in [7, 11) is 3.84. The van der Waals surface area contributed by atoms with Crippen LogP contribution >= 0.6 is 0 Å². The Morgan fingerprint density at radius 2 is 2.22 bits per heavy atom. The molecule has 4 heteroatoms. The summed E-state index contributed by atoms with van der Waals surface area (Å²) in [5.74, 6) is 1.79. The van der Waals surface area contributed by atoms with Crippen molar-refractivity contribution in [2.75, 3.05) is 33.9 Å². The lowest BCUT2D eigenvalue weighted by molar-refractivity contribution is -0.0645. The van der Waals surface area contributed by atoms with Gasteiger partial charge in [-0.05, 0) is 31.7 Å². The van der Waals surface area contributed by atoms with Crippen molar-refractivity contribution in [1.82, 2.24) is 4.90 Å². The summed E-state index contributed by atoms with van der Waals surface area (Å²) in [6, 6.07) is 6.35. The number of morpholine rings is 1. The van der Waals surface area contributed by atoms with Crippen LogP contribution in [0.3, 0.4) is 0 Å². The maximum absolute atomic E-state index is 5.98. The van der Waals surface area contributed by atoms with Gasteiger partial charge < -0.3 is 14.2 Å². The molecule has 0 spiro atoms. The predicted molar refractivity (Wildman–Crippen MR) is 68.2 cm³/mol. The zero-order chi connectivity index (χ0) is 12.5. The summed E-state index contributed by atoms with van der Waals surface area (Å²) in [5.41, 5.74) is 1.11. The largest absolute Gasteiger partial charge is 0.497 e. The fraction of sp³-hybridized carbons (Fsp3) is 0.571. The van der Waals surface area contributed by atoms with E-state index in [0.29, 0.717) is 6.04 Å². The highest BCUT2D eigenvalue weighted by atomic mass is 16.5. The molecule has 1 aromatic rings. The van der Waals surface area contributed by atoms with E-state index in [1.807, 2.05) is 18.2 Å². The minimum Gasteiger partial charge on any atom is -0.497 e. The van der Waals surface area contributed by atoms with Gasteiger partial charge >= 0.3 is 0 Å². The second-order valence-corrected chi connectivity index (χ2v) is 4.88. The van der Waals surface area contributed by atoms with Gasteiger partial charge in [-0.15, -0.1) is 0 Å². The Kier molecular flexibility index (Phi) is 3.14. The third kappa shape index (κ3) is 1.95. The van der Waals surface area contributed by atoms with Crippen molar-refractivity contribution in [3.8, 4) is 11.5 Å². The van der Waals surface area contributed by atoms with Gasteiger partial charge in [0.15, 0.2) is 0 Å². The van der Waals surface area contributed by atoms with Crippen molar-refractivity contribution < 1.29 is 14.2 Å². The number of rotatable bonds is 1. The second kappa shape index (κ2) is 4.78. The predicted octanol–water partition coefficient (Wildman–Crippen LogP) is 1.85. The minimum absolute atomic E-state index is 0.0938. The number of methoxy groups -OCH3 is 1. The summed E-state index contributed by atoms with van der Waals surface area (Å²) in [4.78, 5) is 2.37. The molecule has 1 saturated heterocycles. The molecule has 2 aliphatic rings. The second-order valence-electron chi connectivity index (χ2n) is 4.88. The summed E-state index contributed by atoms with van der Waals surface area (Å²) in [5, 5.41) is 0. The highest BCUT2D eigenvalue weighted by molar-refractivity contribution is 5.43. The number of nitrogens with zero attached hydrogens (tertiary/aromatic N) is 1. The molecule has 0 unspecified atom stereocenters. The molecule has 2 atom stereocenters. The zero-order valence-electron chi connectivity index (χ0n) is 10.9. The minimum atomic E-state index is 0.0938. The van der Waals surface area contributed by atoms with Gasteiger partial charge in [-0.2, -0.15) is 0 Å². The first kappa shape index (κ1) is 11.8. The topological polar surface area (TPSA) is 30.9 Å². The Hall–Kier alpha value is -1.26. The highest BCUT2D eigenvalue weighted by Gasteiger charge is 2.35. The number of likely N-dealkylation sites (N-methyl/N-ethyl adjacent to an activating group) is 1. The molecule has 0 bridgehead atoms. The van der Waals surface area contributed by atoms with Gasteiger partial charge in [0.25, 0.3) is 0 Å². The summed E-state index contributed by atoms with van der Waals surface area (Å²) >= 11 is 0. The first-order valence-corrected chi connectivity index (χ1v) is 6.42. The van der Waals surface area contributed by atoms with E-state index in [1.54, 1.807) is 7.11 Å². The smallest absolute Gasteiger partial charge is 0.125 e. The number of ether oxygens (including phenoxy) is 3. The van der Waals surface area contributed by atoms with E-state index in [1.165, 1.54) is 0 Å². The molecule has 0 N–H and O–H groups in total. The standard InChI is InChI=1S/C14H19NO3/c1-15-6-8-18-14-11-9-10(16-2)3-4-13(11)17-7-5-12(14)15/h3-4,9,12,14H,5-8H2,1-2H3/t12-,14-/m0/s1. The molecule has 0 aromatic heterocycles. The van der Waals surface area contributed by atoms with Gasteiger partial charge in [0.05, 0.1) is 20.3 Å². The lowest BCUT2D eigenvalue weighted by atomic mass is 9.97. The SMILES string of the molecule is COc1ccc2c(c1)[C@@H]1OCCN(C)[C@H]1CCO2. The Morgan fingerprint density at radius 3 is 3.06 bits per heavy atom. The van der Waals surface area contributed by atoms with Gasteiger partial charge in [-0.25, -0.2) is 0 Å². The molecular weight excluding hydrogens is 230 g/mol. The molecule has 98 valence electrons. The monoisotopic (exact) mass is 249 g/mol. The fourth-order valence-electron chi connectivity index (χ4n) is 2.80. The molecule has 0 saturated carbocycles. The van der Waals surface area contributed by atoms with Crippen LogP contribution in [0.2, 0.25) is 0 Å². The van der Waals surface area contributed by atoms with E-state index in [-0.39, 0.29) is 6.10 Å². The number of hydrogen-bond acceptors (Lipinski definition) is 4. The van der Waals surface area contributed by atoms with Gasteiger partial charge in [0.2, 0.25) is 0 Å². The zero-order valence-corrected chi connectivity index (χ0v) is 10.9. The maximum Gasteiger partial charge on any atom is 0.125 e.